The third-order valence-corrected chi connectivity index (χ3v) is 5.05. The molecule has 0 aromatic carbocycles. The van der Waals surface area contributed by atoms with Crippen molar-refractivity contribution in [3.8, 4) is 0 Å². The molecular formula is C10H19P. The lowest BCUT2D eigenvalue weighted by atomic mass is 9.89. The summed E-state index contributed by atoms with van der Waals surface area (Å²) >= 11 is 0. The molecule has 2 heterocycles. The molecule has 0 N–H and O–H groups in total. The van der Waals surface area contributed by atoms with Crippen molar-refractivity contribution in [3.05, 3.63) is 0 Å². The van der Waals surface area contributed by atoms with Crippen molar-refractivity contribution in [1.82, 2.24) is 0 Å². The first-order chi connectivity index (χ1) is 5.45. The average Bonchev–Trinajstić information content (AvgIpc) is 1.80. The summed E-state index contributed by atoms with van der Waals surface area (Å²) in [6, 6.07) is 0. The number of hydrogen-bond donors (Lipinski definition) is 0. The van der Waals surface area contributed by atoms with Gasteiger partial charge in [-0.05, 0) is 37.0 Å². The Labute approximate surface area is 71.9 Å². The SMILES string of the molecule is C1CC2CCCC(C1)PCC2. The van der Waals surface area contributed by atoms with E-state index in [-0.39, 0.29) is 0 Å². The summed E-state index contributed by atoms with van der Waals surface area (Å²) in [4.78, 5) is 0. The van der Waals surface area contributed by atoms with E-state index in [4.69, 9.17) is 0 Å². The van der Waals surface area contributed by atoms with Crippen LogP contribution in [0.15, 0.2) is 0 Å². The maximum Gasteiger partial charge on any atom is -0.0237 e. The van der Waals surface area contributed by atoms with Crippen LogP contribution in [0.5, 0.6) is 0 Å². The van der Waals surface area contributed by atoms with Crippen LogP contribution in [0.4, 0.5) is 0 Å². The number of fused-ring (bicyclic) bond motifs is 6. The van der Waals surface area contributed by atoms with Crippen molar-refractivity contribution in [1.29, 1.82) is 0 Å². The fourth-order valence-corrected chi connectivity index (χ4v) is 4.38. The van der Waals surface area contributed by atoms with Gasteiger partial charge in [-0.1, -0.05) is 25.7 Å². The van der Waals surface area contributed by atoms with Crippen molar-refractivity contribution in [2.75, 3.05) is 6.16 Å². The molecule has 3 rings (SSSR count). The molecule has 0 aromatic rings. The molecule has 0 nitrogen and oxygen atoms in total. The highest BCUT2D eigenvalue weighted by Crippen LogP contribution is 2.38. The van der Waals surface area contributed by atoms with Gasteiger partial charge in [-0.2, -0.15) is 0 Å². The Bertz CT molecular complexity index is 86.3. The summed E-state index contributed by atoms with van der Waals surface area (Å²) in [6.45, 7) is 0. The first-order valence-corrected chi connectivity index (χ1v) is 6.47. The molecule has 3 aliphatic rings. The molecule has 0 aromatic heterocycles. The molecule has 1 saturated carbocycles. The van der Waals surface area contributed by atoms with Crippen LogP contribution >= 0.6 is 8.58 Å². The molecule has 0 radical (unpaired) electrons. The van der Waals surface area contributed by atoms with Gasteiger partial charge in [0.25, 0.3) is 0 Å². The summed E-state index contributed by atoms with van der Waals surface area (Å²) in [5.41, 5.74) is 1.15. The van der Waals surface area contributed by atoms with Crippen molar-refractivity contribution in [2.24, 2.45) is 5.92 Å². The van der Waals surface area contributed by atoms with E-state index in [0.29, 0.717) is 0 Å². The van der Waals surface area contributed by atoms with Crippen LogP contribution < -0.4 is 0 Å². The lowest BCUT2D eigenvalue weighted by Crippen LogP contribution is -2.15. The van der Waals surface area contributed by atoms with Crippen molar-refractivity contribution < 1.29 is 0 Å². The topological polar surface area (TPSA) is 0 Å². The van der Waals surface area contributed by atoms with Crippen LogP contribution in [0.1, 0.15) is 44.9 Å². The zero-order chi connectivity index (χ0) is 7.52. The van der Waals surface area contributed by atoms with E-state index in [2.05, 4.69) is 0 Å². The normalized spacial score (nSPS) is 41.5. The monoisotopic (exact) mass is 170 g/mol. The van der Waals surface area contributed by atoms with Gasteiger partial charge in [-0.25, -0.2) is 0 Å². The van der Waals surface area contributed by atoms with Crippen molar-refractivity contribution >= 4 is 8.58 Å². The molecule has 2 bridgehead atoms. The Morgan fingerprint density at radius 3 is 2.27 bits per heavy atom. The first-order valence-electron chi connectivity index (χ1n) is 5.18. The first kappa shape index (κ1) is 8.05. The second-order valence-electron chi connectivity index (χ2n) is 4.17. The van der Waals surface area contributed by atoms with E-state index in [0.717, 1.165) is 11.6 Å². The van der Waals surface area contributed by atoms with Crippen LogP contribution in [-0.2, 0) is 0 Å². The van der Waals surface area contributed by atoms with Gasteiger partial charge in [-0.15, -0.1) is 8.58 Å². The summed E-state index contributed by atoms with van der Waals surface area (Å²) < 4.78 is 0. The third-order valence-electron chi connectivity index (χ3n) is 3.32. The minimum absolute atomic E-state index is 1.13. The molecule has 1 aliphatic carbocycles. The zero-order valence-electron chi connectivity index (χ0n) is 7.31. The molecule has 2 aliphatic heterocycles. The molecule has 1 atom stereocenters. The Morgan fingerprint density at radius 2 is 1.55 bits per heavy atom. The van der Waals surface area contributed by atoms with Crippen molar-refractivity contribution in [3.63, 3.8) is 0 Å². The fourth-order valence-electron chi connectivity index (χ4n) is 2.58. The van der Waals surface area contributed by atoms with Crippen LogP contribution in [0.3, 0.4) is 0 Å². The molecule has 0 spiro atoms. The molecular weight excluding hydrogens is 151 g/mol. The Balaban J connectivity index is 1.96. The minimum atomic E-state index is 1.13. The highest BCUT2D eigenvalue weighted by Gasteiger charge is 2.19. The van der Waals surface area contributed by atoms with Gasteiger partial charge in [0.1, 0.15) is 0 Å². The molecule has 1 unspecified atom stereocenters. The largest absolute Gasteiger partial charge is 0.119 e. The number of hydrogen-bond acceptors (Lipinski definition) is 0. The summed E-state index contributed by atoms with van der Waals surface area (Å²) in [6.07, 6.45) is 12.5. The van der Waals surface area contributed by atoms with Gasteiger partial charge in [0.15, 0.2) is 0 Å². The van der Waals surface area contributed by atoms with Crippen molar-refractivity contribution in [2.45, 2.75) is 50.6 Å². The van der Waals surface area contributed by atoms with Gasteiger partial charge in [0, 0.05) is 0 Å². The van der Waals surface area contributed by atoms with E-state index >= 15 is 0 Å². The summed E-state index contributed by atoms with van der Waals surface area (Å²) in [5.74, 6) is 1.13. The number of rotatable bonds is 0. The van der Waals surface area contributed by atoms with Gasteiger partial charge >= 0.3 is 0 Å². The van der Waals surface area contributed by atoms with Gasteiger partial charge in [0.05, 0.1) is 0 Å². The highest BCUT2D eigenvalue weighted by atomic mass is 31.1. The molecule has 0 amide bonds. The van der Waals surface area contributed by atoms with E-state index in [1.807, 2.05) is 0 Å². The Kier molecular flexibility index (Phi) is 2.85. The lowest BCUT2D eigenvalue weighted by molar-refractivity contribution is 0.365. The van der Waals surface area contributed by atoms with Gasteiger partial charge in [0.2, 0.25) is 0 Å². The Hall–Kier alpha value is 0.430. The maximum absolute atomic E-state index is 1.56. The van der Waals surface area contributed by atoms with Gasteiger partial charge in [-0.3, -0.25) is 0 Å². The summed E-state index contributed by atoms with van der Waals surface area (Å²) in [5, 5.41) is 0. The van der Waals surface area contributed by atoms with Gasteiger partial charge < -0.3 is 0 Å². The maximum atomic E-state index is 1.56. The predicted octanol–water partition coefficient (Wildman–Crippen LogP) is 3.41. The zero-order valence-corrected chi connectivity index (χ0v) is 8.31. The molecule has 11 heavy (non-hydrogen) atoms. The van der Waals surface area contributed by atoms with E-state index in [1.54, 1.807) is 51.1 Å². The predicted molar refractivity (Wildman–Crippen MR) is 52.8 cm³/mol. The lowest BCUT2D eigenvalue weighted by Gasteiger charge is -2.28. The van der Waals surface area contributed by atoms with Crippen LogP contribution in [0.25, 0.3) is 0 Å². The minimum Gasteiger partial charge on any atom is -0.119 e. The van der Waals surface area contributed by atoms with E-state index in [9.17, 15) is 0 Å². The van der Waals surface area contributed by atoms with Crippen LogP contribution in [-0.4, -0.2) is 11.8 Å². The second-order valence-corrected chi connectivity index (χ2v) is 5.89. The Morgan fingerprint density at radius 1 is 0.818 bits per heavy atom. The fraction of sp³-hybridized carbons (Fsp3) is 1.00. The quantitative estimate of drug-likeness (QED) is 0.489. The third kappa shape index (κ3) is 2.18. The van der Waals surface area contributed by atoms with Crippen LogP contribution in [0, 0.1) is 5.92 Å². The summed E-state index contributed by atoms with van der Waals surface area (Å²) in [7, 11) is 1.32. The highest BCUT2D eigenvalue weighted by molar-refractivity contribution is 7.38. The second kappa shape index (κ2) is 3.90. The molecule has 2 saturated heterocycles. The van der Waals surface area contributed by atoms with E-state index < -0.39 is 0 Å². The van der Waals surface area contributed by atoms with Crippen LogP contribution in [0.2, 0.25) is 0 Å². The standard InChI is InChI=1S/C10H19P/c1-3-9-4-2-6-10(5-1)11-8-7-9/h9-11H,1-8H2. The molecule has 3 fully saturated rings. The van der Waals surface area contributed by atoms with E-state index in [1.165, 1.54) is 8.58 Å². The molecule has 64 valence electrons. The smallest absolute Gasteiger partial charge is 0.0237 e. The average molecular weight is 170 g/mol. The molecule has 1 heteroatoms.